The highest BCUT2D eigenvalue weighted by Gasteiger charge is 2.13. The summed E-state index contributed by atoms with van der Waals surface area (Å²) in [5.41, 5.74) is 8.10. The molecule has 0 aliphatic carbocycles. The van der Waals surface area contributed by atoms with Crippen LogP contribution in [-0.4, -0.2) is 21.0 Å². The molecular formula is C10H13N3O. The number of aryl methyl sites for hydroxylation is 1. The number of aromatic nitrogens is 2. The van der Waals surface area contributed by atoms with Crippen LogP contribution in [0.15, 0.2) is 24.7 Å². The first kappa shape index (κ1) is 9.18. The average molecular weight is 191 g/mol. The number of imidazole rings is 1. The third-order valence-electron chi connectivity index (χ3n) is 2.33. The Morgan fingerprint density at radius 2 is 2.43 bits per heavy atom. The van der Waals surface area contributed by atoms with Crippen molar-refractivity contribution in [3.8, 4) is 0 Å². The fourth-order valence-corrected chi connectivity index (χ4v) is 1.61. The number of nitrogens with zero attached hydrogens (tertiary/aromatic N) is 2. The van der Waals surface area contributed by atoms with Crippen molar-refractivity contribution in [3.63, 3.8) is 0 Å². The molecular weight excluding hydrogens is 178 g/mol. The molecule has 0 amide bonds. The first-order valence-corrected chi connectivity index (χ1v) is 4.54. The van der Waals surface area contributed by atoms with Crippen molar-refractivity contribution in [1.29, 1.82) is 0 Å². The predicted octanol–water partition coefficient (Wildman–Crippen LogP) is 0.635. The van der Waals surface area contributed by atoms with Gasteiger partial charge in [0.25, 0.3) is 0 Å². The molecule has 0 saturated heterocycles. The summed E-state index contributed by atoms with van der Waals surface area (Å²) in [4.78, 5) is 4.16. The van der Waals surface area contributed by atoms with Gasteiger partial charge in [0, 0.05) is 12.7 Å². The lowest BCUT2D eigenvalue weighted by Crippen LogP contribution is -2.12. The molecule has 0 bridgehead atoms. The van der Waals surface area contributed by atoms with Gasteiger partial charge in [0.1, 0.15) is 6.10 Å². The summed E-state index contributed by atoms with van der Waals surface area (Å²) < 4.78 is 1.89. The third-order valence-corrected chi connectivity index (χ3v) is 2.33. The molecule has 0 aromatic carbocycles. The number of fused-ring (bicyclic) bond motifs is 1. The van der Waals surface area contributed by atoms with Crippen LogP contribution in [0.5, 0.6) is 0 Å². The zero-order chi connectivity index (χ0) is 10.1. The third kappa shape index (κ3) is 1.29. The van der Waals surface area contributed by atoms with Crippen molar-refractivity contribution in [2.75, 3.05) is 6.54 Å². The standard InChI is InChI=1S/C10H13N3O/c1-7-3-2-4-13-6-12-9(10(7)13)8(14)5-11/h2-4,6,8,14H,5,11H2,1H3. The van der Waals surface area contributed by atoms with Crippen molar-refractivity contribution in [3.05, 3.63) is 35.9 Å². The van der Waals surface area contributed by atoms with Crippen molar-refractivity contribution >= 4 is 5.52 Å². The van der Waals surface area contributed by atoms with Crippen LogP contribution in [0.3, 0.4) is 0 Å². The summed E-state index contributed by atoms with van der Waals surface area (Å²) in [5.74, 6) is 0. The van der Waals surface area contributed by atoms with Gasteiger partial charge >= 0.3 is 0 Å². The van der Waals surface area contributed by atoms with Gasteiger partial charge in [-0.05, 0) is 18.6 Å². The van der Waals surface area contributed by atoms with E-state index < -0.39 is 6.10 Å². The maximum absolute atomic E-state index is 9.64. The zero-order valence-corrected chi connectivity index (χ0v) is 8.01. The van der Waals surface area contributed by atoms with E-state index in [1.807, 2.05) is 29.7 Å². The first-order chi connectivity index (χ1) is 6.74. The molecule has 4 heteroatoms. The van der Waals surface area contributed by atoms with Crippen molar-refractivity contribution in [2.45, 2.75) is 13.0 Å². The predicted molar refractivity (Wildman–Crippen MR) is 53.9 cm³/mol. The molecule has 2 aromatic heterocycles. The molecule has 0 spiro atoms. The van der Waals surface area contributed by atoms with Crippen LogP contribution in [0.1, 0.15) is 17.4 Å². The largest absolute Gasteiger partial charge is 0.385 e. The molecule has 1 unspecified atom stereocenters. The summed E-state index contributed by atoms with van der Waals surface area (Å²) in [6.07, 6.45) is 2.92. The molecule has 2 rings (SSSR count). The average Bonchev–Trinajstić information content (AvgIpc) is 2.62. The summed E-state index contributed by atoms with van der Waals surface area (Å²) in [6, 6.07) is 3.94. The van der Waals surface area contributed by atoms with E-state index in [0.29, 0.717) is 5.69 Å². The molecule has 1 atom stereocenters. The molecule has 0 radical (unpaired) electrons. The second kappa shape index (κ2) is 3.40. The number of hydrogen-bond donors (Lipinski definition) is 2. The molecule has 0 fully saturated rings. The monoisotopic (exact) mass is 191 g/mol. The van der Waals surface area contributed by atoms with Gasteiger partial charge in [-0.25, -0.2) is 4.98 Å². The summed E-state index contributed by atoms with van der Waals surface area (Å²) in [5, 5.41) is 9.64. The van der Waals surface area contributed by atoms with Gasteiger partial charge in [-0.15, -0.1) is 0 Å². The number of aliphatic hydroxyl groups is 1. The second-order valence-electron chi connectivity index (χ2n) is 3.33. The van der Waals surface area contributed by atoms with Crippen molar-refractivity contribution < 1.29 is 5.11 Å². The fraction of sp³-hybridized carbons (Fsp3) is 0.300. The minimum atomic E-state index is -0.680. The van der Waals surface area contributed by atoms with E-state index in [-0.39, 0.29) is 6.54 Å². The maximum Gasteiger partial charge on any atom is 0.110 e. The van der Waals surface area contributed by atoms with Gasteiger partial charge in [-0.3, -0.25) is 0 Å². The number of nitrogens with two attached hydrogens (primary N) is 1. The molecule has 14 heavy (non-hydrogen) atoms. The smallest absolute Gasteiger partial charge is 0.110 e. The molecule has 74 valence electrons. The summed E-state index contributed by atoms with van der Waals surface area (Å²) in [6.45, 7) is 2.19. The minimum Gasteiger partial charge on any atom is -0.385 e. The van der Waals surface area contributed by atoms with Crippen molar-refractivity contribution in [2.24, 2.45) is 5.73 Å². The fourth-order valence-electron chi connectivity index (χ4n) is 1.61. The van der Waals surface area contributed by atoms with E-state index in [4.69, 9.17) is 5.73 Å². The molecule has 2 heterocycles. The highest BCUT2D eigenvalue weighted by Crippen LogP contribution is 2.19. The Bertz CT molecular complexity index is 450. The van der Waals surface area contributed by atoms with Crippen LogP contribution < -0.4 is 5.73 Å². The van der Waals surface area contributed by atoms with E-state index in [1.165, 1.54) is 0 Å². The molecule has 3 N–H and O–H groups in total. The SMILES string of the molecule is Cc1cccn2cnc(C(O)CN)c12. The molecule has 4 nitrogen and oxygen atoms in total. The quantitative estimate of drug-likeness (QED) is 0.732. The van der Waals surface area contributed by atoms with Crippen LogP contribution >= 0.6 is 0 Å². The van der Waals surface area contributed by atoms with Gasteiger partial charge in [-0.2, -0.15) is 0 Å². The lowest BCUT2D eigenvalue weighted by molar-refractivity contribution is 0.184. The van der Waals surface area contributed by atoms with Crippen LogP contribution in [0, 0.1) is 6.92 Å². The van der Waals surface area contributed by atoms with Crippen LogP contribution in [0.2, 0.25) is 0 Å². The van der Waals surface area contributed by atoms with E-state index in [1.54, 1.807) is 6.33 Å². The summed E-state index contributed by atoms with van der Waals surface area (Å²) in [7, 11) is 0. The molecule has 2 aromatic rings. The number of rotatable bonds is 2. The lowest BCUT2D eigenvalue weighted by Gasteiger charge is -2.06. The number of aliphatic hydroxyl groups excluding tert-OH is 1. The van der Waals surface area contributed by atoms with Crippen LogP contribution in [-0.2, 0) is 0 Å². The van der Waals surface area contributed by atoms with Gasteiger partial charge in [0.05, 0.1) is 17.5 Å². The Kier molecular flexibility index (Phi) is 2.23. The minimum absolute atomic E-state index is 0.195. The normalized spacial score (nSPS) is 13.4. The van der Waals surface area contributed by atoms with E-state index in [0.717, 1.165) is 11.1 Å². The van der Waals surface area contributed by atoms with Crippen LogP contribution in [0.4, 0.5) is 0 Å². The summed E-state index contributed by atoms with van der Waals surface area (Å²) >= 11 is 0. The Labute approximate surface area is 82.0 Å². The van der Waals surface area contributed by atoms with E-state index in [2.05, 4.69) is 4.98 Å². The van der Waals surface area contributed by atoms with Crippen LogP contribution in [0.25, 0.3) is 5.52 Å². The zero-order valence-electron chi connectivity index (χ0n) is 8.01. The number of pyridine rings is 1. The van der Waals surface area contributed by atoms with Gasteiger partial charge in [0.15, 0.2) is 0 Å². The molecule has 0 aliphatic heterocycles. The first-order valence-electron chi connectivity index (χ1n) is 4.54. The van der Waals surface area contributed by atoms with Gasteiger partial charge in [0.2, 0.25) is 0 Å². The topological polar surface area (TPSA) is 63.5 Å². The van der Waals surface area contributed by atoms with Crippen molar-refractivity contribution in [1.82, 2.24) is 9.38 Å². The maximum atomic E-state index is 9.64. The number of hydrogen-bond acceptors (Lipinski definition) is 3. The Morgan fingerprint density at radius 3 is 3.14 bits per heavy atom. The highest BCUT2D eigenvalue weighted by molar-refractivity contribution is 5.59. The lowest BCUT2D eigenvalue weighted by atomic mass is 10.1. The Balaban J connectivity index is 2.67. The van der Waals surface area contributed by atoms with E-state index >= 15 is 0 Å². The highest BCUT2D eigenvalue weighted by atomic mass is 16.3. The Hall–Kier alpha value is -1.39. The van der Waals surface area contributed by atoms with Gasteiger partial charge < -0.3 is 15.2 Å². The van der Waals surface area contributed by atoms with E-state index in [9.17, 15) is 5.11 Å². The van der Waals surface area contributed by atoms with Gasteiger partial charge in [-0.1, -0.05) is 6.07 Å². The molecule has 0 saturated carbocycles. The Morgan fingerprint density at radius 1 is 1.64 bits per heavy atom. The second-order valence-corrected chi connectivity index (χ2v) is 3.33. The molecule has 0 aliphatic rings.